The molecule has 1 aromatic heterocycles. The topological polar surface area (TPSA) is 38.0 Å². The van der Waals surface area contributed by atoms with Crippen LogP contribution < -0.4 is 11.1 Å². The number of nitrogens with two attached hydrogens (primary N) is 1. The Balaban J connectivity index is 1.69. The quantitative estimate of drug-likeness (QED) is 0.769. The fourth-order valence-corrected chi connectivity index (χ4v) is 2.33. The molecule has 72 valence electrons. The van der Waals surface area contributed by atoms with Crippen LogP contribution in [-0.4, -0.2) is 12.1 Å². The zero-order chi connectivity index (χ0) is 9.15. The molecule has 0 aromatic carbocycles. The Morgan fingerprint density at radius 1 is 1.54 bits per heavy atom. The van der Waals surface area contributed by atoms with Crippen LogP contribution in [0, 0.1) is 0 Å². The van der Waals surface area contributed by atoms with E-state index < -0.39 is 0 Å². The average Bonchev–Trinajstić information content (AvgIpc) is 2.54. The summed E-state index contributed by atoms with van der Waals surface area (Å²) in [6, 6.07) is 2.15. The smallest absolute Gasteiger partial charge is 0.0281 e. The van der Waals surface area contributed by atoms with Crippen LogP contribution in [0.3, 0.4) is 0 Å². The predicted molar refractivity (Wildman–Crippen MR) is 56.8 cm³/mol. The van der Waals surface area contributed by atoms with Gasteiger partial charge < -0.3 is 11.1 Å². The Labute approximate surface area is 83.1 Å². The van der Waals surface area contributed by atoms with Gasteiger partial charge >= 0.3 is 0 Å². The van der Waals surface area contributed by atoms with Crippen molar-refractivity contribution < 1.29 is 0 Å². The number of hydrogen-bond acceptors (Lipinski definition) is 3. The van der Waals surface area contributed by atoms with Gasteiger partial charge in [0.05, 0.1) is 0 Å². The highest BCUT2D eigenvalue weighted by Gasteiger charge is 2.31. The van der Waals surface area contributed by atoms with Crippen molar-refractivity contribution in [1.82, 2.24) is 5.32 Å². The summed E-state index contributed by atoms with van der Waals surface area (Å²) in [5, 5.41) is 7.70. The molecule has 2 rings (SSSR count). The molecule has 2 nitrogen and oxygen atoms in total. The van der Waals surface area contributed by atoms with Crippen molar-refractivity contribution in [2.24, 2.45) is 5.73 Å². The van der Waals surface area contributed by atoms with Gasteiger partial charge in [-0.2, -0.15) is 11.3 Å². The van der Waals surface area contributed by atoms with Crippen LogP contribution in [0.5, 0.6) is 0 Å². The summed E-state index contributed by atoms with van der Waals surface area (Å²) in [5.74, 6) is 0. The van der Waals surface area contributed by atoms with Gasteiger partial charge in [-0.1, -0.05) is 0 Å². The van der Waals surface area contributed by atoms with Gasteiger partial charge in [0.15, 0.2) is 0 Å². The lowest BCUT2D eigenvalue weighted by molar-refractivity contribution is 0.239. The van der Waals surface area contributed by atoms with E-state index in [1.165, 1.54) is 24.8 Å². The summed E-state index contributed by atoms with van der Waals surface area (Å²) in [5.41, 5.74) is 7.56. The predicted octanol–water partition coefficient (Wildman–Crippen LogP) is 1.72. The minimum absolute atomic E-state index is 0.107. The van der Waals surface area contributed by atoms with Crippen LogP contribution >= 0.6 is 11.3 Å². The highest BCUT2D eigenvalue weighted by atomic mass is 32.1. The third-order valence-corrected chi connectivity index (χ3v) is 3.47. The first-order chi connectivity index (χ1) is 6.29. The third-order valence-electron chi connectivity index (χ3n) is 2.74. The first kappa shape index (κ1) is 9.19. The summed E-state index contributed by atoms with van der Waals surface area (Å²) in [7, 11) is 0. The fraction of sp³-hybridized carbons (Fsp3) is 0.600. The number of rotatable bonds is 4. The minimum Gasteiger partial charge on any atom is -0.324 e. The van der Waals surface area contributed by atoms with E-state index in [0.717, 1.165) is 13.1 Å². The van der Waals surface area contributed by atoms with Crippen molar-refractivity contribution in [3.63, 3.8) is 0 Å². The highest BCUT2D eigenvalue weighted by Crippen LogP contribution is 2.28. The summed E-state index contributed by atoms with van der Waals surface area (Å²) in [4.78, 5) is 0. The first-order valence-electron chi connectivity index (χ1n) is 4.79. The van der Waals surface area contributed by atoms with Crippen LogP contribution in [0.1, 0.15) is 24.8 Å². The van der Waals surface area contributed by atoms with Gasteiger partial charge in [0.25, 0.3) is 0 Å². The molecular formula is C10H16N2S. The average molecular weight is 196 g/mol. The van der Waals surface area contributed by atoms with Gasteiger partial charge in [-0.3, -0.25) is 0 Å². The molecule has 3 N–H and O–H groups in total. The van der Waals surface area contributed by atoms with E-state index in [-0.39, 0.29) is 5.54 Å². The van der Waals surface area contributed by atoms with Crippen LogP contribution in [0.2, 0.25) is 0 Å². The molecule has 13 heavy (non-hydrogen) atoms. The van der Waals surface area contributed by atoms with Gasteiger partial charge in [-0.25, -0.2) is 0 Å². The molecule has 1 aliphatic rings. The molecule has 0 spiro atoms. The Morgan fingerprint density at radius 2 is 2.38 bits per heavy atom. The summed E-state index contributed by atoms with van der Waals surface area (Å²) < 4.78 is 0. The van der Waals surface area contributed by atoms with E-state index in [9.17, 15) is 0 Å². The Bertz CT molecular complexity index is 252. The largest absolute Gasteiger partial charge is 0.324 e. The highest BCUT2D eigenvalue weighted by molar-refractivity contribution is 7.07. The second-order valence-electron chi connectivity index (χ2n) is 3.95. The molecule has 1 aliphatic carbocycles. The lowest BCUT2D eigenvalue weighted by atomic mass is 9.78. The molecule has 0 bridgehead atoms. The minimum atomic E-state index is 0.107. The van der Waals surface area contributed by atoms with E-state index >= 15 is 0 Å². The molecule has 0 saturated heterocycles. The molecule has 1 aromatic rings. The van der Waals surface area contributed by atoms with Gasteiger partial charge in [0.2, 0.25) is 0 Å². The maximum atomic E-state index is 6.08. The summed E-state index contributed by atoms with van der Waals surface area (Å²) >= 11 is 1.75. The lowest BCUT2D eigenvalue weighted by Gasteiger charge is -2.38. The van der Waals surface area contributed by atoms with E-state index in [1.54, 1.807) is 11.3 Å². The fourth-order valence-electron chi connectivity index (χ4n) is 1.66. The second kappa shape index (κ2) is 3.78. The van der Waals surface area contributed by atoms with Crippen molar-refractivity contribution in [2.75, 3.05) is 6.54 Å². The maximum absolute atomic E-state index is 6.08. The van der Waals surface area contributed by atoms with Crippen LogP contribution in [-0.2, 0) is 6.54 Å². The van der Waals surface area contributed by atoms with Gasteiger partial charge in [-0.15, -0.1) is 0 Å². The second-order valence-corrected chi connectivity index (χ2v) is 4.73. The first-order valence-corrected chi connectivity index (χ1v) is 5.73. The van der Waals surface area contributed by atoms with E-state index in [0.29, 0.717) is 0 Å². The zero-order valence-corrected chi connectivity index (χ0v) is 8.57. The molecule has 0 atom stereocenters. The van der Waals surface area contributed by atoms with Crippen molar-refractivity contribution in [1.29, 1.82) is 0 Å². The Kier molecular flexibility index (Phi) is 2.67. The number of hydrogen-bond donors (Lipinski definition) is 2. The Hall–Kier alpha value is -0.380. The van der Waals surface area contributed by atoms with Crippen LogP contribution in [0.15, 0.2) is 16.8 Å². The molecule has 0 aliphatic heterocycles. The molecule has 3 heteroatoms. The molecule has 1 fully saturated rings. The van der Waals surface area contributed by atoms with E-state index in [2.05, 4.69) is 22.1 Å². The summed E-state index contributed by atoms with van der Waals surface area (Å²) in [6.45, 7) is 1.92. The molecule has 0 unspecified atom stereocenters. The molecule has 0 radical (unpaired) electrons. The van der Waals surface area contributed by atoms with Gasteiger partial charge in [0.1, 0.15) is 0 Å². The summed E-state index contributed by atoms with van der Waals surface area (Å²) in [6.07, 6.45) is 3.67. The van der Waals surface area contributed by atoms with Crippen LogP contribution in [0.4, 0.5) is 0 Å². The Morgan fingerprint density at radius 3 is 2.92 bits per heavy atom. The number of nitrogens with one attached hydrogen (secondary N) is 1. The van der Waals surface area contributed by atoms with Crippen molar-refractivity contribution in [3.05, 3.63) is 22.4 Å². The molecule has 0 amide bonds. The van der Waals surface area contributed by atoms with Gasteiger partial charge in [0, 0.05) is 18.6 Å². The van der Waals surface area contributed by atoms with Crippen molar-refractivity contribution >= 4 is 11.3 Å². The molecule has 1 saturated carbocycles. The van der Waals surface area contributed by atoms with Crippen molar-refractivity contribution in [2.45, 2.75) is 31.3 Å². The monoisotopic (exact) mass is 196 g/mol. The normalized spacial score (nSPS) is 19.8. The number of thiophene rings is 1. The molecular weight excluding hydrogens is 180 g/mol. The van der Waals surface area contributed by atoms with E-state index in [4.69, 9.17) is 5.73 Å². The van der Waals surface area contributed by atoms with E-state index in [1.807, 2.05) is 0 Å². The standard InChI is InChI=1S/C10H16N2S/c11-10(3-1-4-10)8-12-6-9-2-5-13-7-9/h2,5,7,12H,1,3-4,6,8,11H2. The van der Waals surface area contributed by atoms with Gasteiger partial charge in [-0.05, 0) is 41.7 Å². The van der Waals surface area contributed by atoms with Crippen molar-refractivity contribution in [3.8, 4) is 0 Å². The zero-order valence-electron chi connectivity index (χ0n) is 7.75. The lowest BCUT2D eigenvalue weighted by Crippen LogP contribution is -2.53. The SMILES string of the molecule is NC1(CNCc2ccsc2)CCC1. The maximum Gasteiger partial charge on any atom is 0.0281 e. The molecule has 1 heterocycles. The van der Waals surface area contributed by atoms with Crippen LogP contribution in [0.25, 0.3) is 0 Å². The third kappa shape index (κ3) is 2.30.